The average molecular weight is 235 g/mol. The molecule has 0 radical (unpaired) electrons. The van der Waals surface area contributed by atoms with Crippen molar-refractivity contribution in [3.63, 3.8) is 0 Å². The first-order valence-corrected chi connectivity index (χ1v) is 6.82. The summed E-state index contributed by atoms with van der Waals surface area (Å²) in [6, 6.07) is 0. The molecule has 0 amide bonds. The van der Waals surface area contributed by atoms with E-state index in [0.717, 1.165) is 23.8 Å². The van der Waals surface area contributed by atoms with Crippen molar-refractivity contribution in [3.05, 3.63) is 11.5 Å². The highest BCUT2D eigenvalue weighted by molar-refractivity contribution is 5.42. The van der Waals surface area contributed by atoms with Crippen molar-refractivity contribution >= 4 is 5.82 Å². The third-order valence-corrected chi connectivity index (χ3v) is 3.74. The van der Waals surface area contributed by atoms with Gasteiger partial charge in [-0.1, -0.05) is 19.8 Å². The molecule has 0 atom stereocenters. The fraction of sp³-hybridized carbons (Fsp3) is 0.786. The molecule has 17 heavy (non-hydrogen) atoms. The van der Waals surface area contributed by atoms with Crippen LogP contribution in [0.4, 0.5) is 5.82 Å². The van der Waals surface area contributed by atoms with Crippen molar-refractivity contribution in [2.24, 2.45) is 0 Å². The van der Waals surface area contributed by atoms with Crippen LogP contribution in [-0.4, -0.2) is 9.55 Å². The lowest BCUT2D eigenvalue weighted by atomic mass is 10.0. The second-order valence-corrected chi connectivity index (χ2v) is 6.14. The topological polar surface area (TPSA) is 43.8 Å². The molecule has 2 N–H and O–H groups in total. The Morgan fingerprint density at radius 2 is 1.88 bits per heavy atom. The molecule has 0 spiro atoms. The highest BCUT2D eigenvalue weighted by atomic mass is 15.2. The molecule has 3 nitrogen and oxygen atoms in total. The fourth-order valence-electron chi connectivity index (χ4n) is 2.99. The zero-order chi connectivity index (χ0) is 12.6. The van der Waals surface area contributed by atoms with E-state index in [-0.39, 0.29) is 5.54 Å². The Morgan fingerprint density at radius 1 is 1.29 bits per heavy atom. The normalized spacial score (nSPS) is 17.9. The second kappa shape index (κ2) is 4.35. The third-order valence-electron chi connectivity index (χ3n) is 3.74. The smallest absolute Gasteiger partial charge is 0.127 e. The van der Waals surface area contributed by atoms with Crippen molar-refractivity contribution in [2.75, 3.05) is 5.73 Å². The van der Waals surface area contributed by atoms with Gasteiger partial charge in [-0.3, -0.25) is 0 Å². The number of hydrogen-bond acceptors (Lipinski definition) is 2. The maximum absolute atomic E-state index is 6.35. The monoisotopic (exact) mass is 235 g/mol. The Kier molecular flexibility index (Phi) is 3.19. The van der Waals surface area contributed by atoms with Gasteiger partial charge in [-0.2, -0.15) is 0 Å². The standard InChI is InChI=1S/C14H25N3/c1-5-11-16-12(10-8-6-7-9-10)13(15)17(11)14(2,3)4/h10H,5-9,15H2,1-4H3. The van der Waals surface area contributed by atoms with Gasteiger partial charge >= 0.3 is 0 Å². The minimum absolute atomic E-state index is 0.0271. The maximum Gasteiger partial charge on any atom is 0.127 e. The van der Waals surface area contributed by atoms with E-state index in [4.69, 9.17) is 10.7 Å². The number of aromatic nitrogens is 2. The van der Waals surface area contributed by atoms with E-state index in [0.29, 0.717) is 5.92 Å². The van der Waals surface area contributed by atoms with Crippen LogP contribution in [0.1, 0.15) is 70.8 Å². The third kappa shape index (κ3) is 2.20. The van der Waals surface area contributed by atoms with Crippen LogP contribution >= 0.6 is 0 Å². The van der Waals surface area contributed by atoms with Gasteiger partial charge in [-0.25, -0.2) is 4.98 Å². The first-order chi connectivity index (χ1) is 7.95. The summed E-state index contributed by atoms with van der Waals surface area (Å²) in [5, 5.41) is 0. The van der Waals surface area contributed by atoms with Gasteiger partial charge in [0.25, 0.3) is 0 Å². The fourth-order valence-corrected chi connectivity index (χ4v) is 2.99. The van der Waals surface area contributed by atoms with Crippen LogP contribution in [0.3, 0.4) is 0 Å². The molecule has 1 aliphatic rings. The Bertz CT molecular complexity index is 392. The van der Waals surface area contributed by atoms with Gasteiger partial charge < -0.3 is 10.3 Å². The number of aryl methyl sites for hydroxylation is 1. The number of hydrogen-bond donors (Lipinski definition) is 1. The summed E-state index contributed by atoms with van der Waals surface area (Å²) in [6.07, 6.45) is 6.12. The summed E-state index contributed by atoms with van der Waals surface area (Å²) in [5.41, 5.74) is 7.53. The number of nitrogens with zero attached hydrogens (tertiary/aromatic N) is 2. The summed E-state index contributed by atoms with van der Waals surface area (Å²) < 4.78 is 2.22. The lowest BCUT2D eigenvalue weighted by Crippen LogP contribution is -2.25. The lowest BCUT2D eigenvalue weighted by Gasteiger charge is -2.25. The molecule has 0 bridgehead atoms. The largest absolute Gasteiger partial charge is 0.384 e. The summed E-state index contributed by atoms with van der Waals surface area (Å²) in [4.78, 5) is 4.81. The van der Waals surface area contributed by atoms with Crippen LogP contribution in [-0.2, 0) is 12.0 Å². The first-order valence-electron chi connectivity index (χ1n) is 6.82. The predicted octanol–water partition coefficient (Wildman–Crippen LogP) is 3.44. The number of imidazole rings is 1. The molecule has 0 aromatic carbocycles. The van der Waals surface area contributed by atoms with Crippen LogP contribution < -0.4 is 5.73 Å². The van der Waals surface area contributed by atoms with Gasteiger partial charge in [0.1, 0.15) is 11.6 Å². The molecule has 0 saturated heterocycles. The van der Waals surface area contributed by atoms with Crippen LogP contribution in [0.25, 0.3) is 0 Å². The van der Waals surface area contributed by atoms with E-state index in [9.17, 15) is 0 Å². The van der Waals surface area contributed by atoms with Gasteiger partial charge in [-0.05, 0) is 33.6 Å². The van der Waals surface area contributed by atoms with E-state index >= 15 is 0 Å². The molecule has 1 aliphatic carbocycles. The van der Waals surface area contributed by atoms with Crippen LogP contribution in [0.15, 0.2) is 0 Å². The molecule has 1 saturated carbocycles. The summed E-state index contributed by atoms with van der Waals surface area (Å²) >= 11 is 0. The van der Waals surface area contributed by atoms with Gasteiger partial charge in [-0.15, -0.1) is 0 Å². The molecular formula is C14H25N3. The van der Waals surface area contributed by atoms with E-state index < -0.39 is 0 Å². The molecule has 0 unspecified atom stereocenters. The lowest BCUT2D eigenvalue weighted by molar-refractivity contribution is 0.389. The molecule has 3 heteroatoms. The molecular weight excluding hydrogens is 210 g/mol. The van der Waals surface area contributed by atoms with Crippen molar-refractivity contribution in [1.82, 2.24) is 9.55 Å². The summed E-state index contributed by atoms with van der Waals surface area (Å²) in [7, 11) is 0. The van der Waals surface area contributed by atoms with E-state index in [2.05, 4.69) is 32.3 Å². The van der Waals surface area contributed by atoms with Crippen molar-refractivity contribution < 1.29 is 0 Å². The van der Waals surface area contributed by atoms with E-state index in [1.807, 2.05) is 0 Å². The number of nitrogens with two attached hydrogens (primary N) is 1. The zero-order valence-corrected chi connectivity index (χ0v) is 11.6. The molecule has 1 aromatic rings. The second-order valence-electron chi connectivity index (χ2n) is 6.14. The Balaban J connectivity index is 2.45. The van der Waals surface area contributed by atoms with Gasteiger partial charge in [0.2, 0.25) is 0 Å². The molecule has 1 aromatic heterocycles. The van der Waals surface area contributed by atoms with Gasteiger partial charge in [0.05, 0.1) is 5.69 Å². The Morgan fingerprint density at radius 3 is 2.29 bits per heavy atom. The van der Waals surface area contributed by atoms with E-state index in [1.54, 1.807) is 0 Å². The maximum atomic E-state index is 6.35. The molecule has 0 aliphatic heterocycles. The Hall–Kier alpha value is -0.990. The van der Waals surface area contributed by atoms with E-state index in [1.165, 1.54) is 25.7 Å². The first kappa shape index (κ1) is 12.5. The van der Waals surface area contributed by atoms with Crippen molar-refractivity contribution in [1.29, 1.82) is 0 Å². The summed E-state index contributed by atoms with van der Waals surface area (Å²) in [6.45, 7) is 8.75. The minimum atomic E-state index is 0.0271. The van der Waals surface area contributed by atoms with Gasteiger partial charge in [0.15, 0.2) is 0 Å². The average Bonchev–Trinajstić information content (AvgIpc) is 2.82. The number of rotatable bonds is 2. The highest BCUT2D eigenvalue weighted by Crippen LogP contribution is 2.38. The SMILES string of the molecule is CCc1nc(C2CCCC2)c(N)n1C(C)(C)C. The molecule has 96 valence electrons. The predicted molar refractivity (Wildman–Crippen MR) is 72.2 cm³/mol. The molecule has 1 heterocycles. The van der Waals surface area contributed by atoms with Gasteiger partial charge in [0, 0.05) is 17.9 Å². The number of nitrogen functional groups attached to an aromatic ring is 1. The summed E-state index contributed by atoms with van der Waals surface area (Å²) in [5.74, 6) is 2.64. The molecule has 2 rings (SSSR count). The van der Waals surface area contributed by atoms with Crippen LogP contribution in [0.5, 0.6) is 0 Å². The van der Waals surface area contributed by atoms with Crippen molar-refractivity contribution in [2.45, 2.75) is 71.3 Å². The van der Waals surface area contributed by atoms with Crippen LogP contribution in [0.2, 0.25) is 0 Å². The number of anilines is 1. The Labute approximate surface area is 104 Å². The highest BCUT2D eigenvalue weighted by Gasteiger charge is 2.28. The minimum Gasteiger partial charge on any atom is -0.384 e. The quantitative estimate of drug-likeness (QED) is 0.853. The van der Waals surface area contributed by atoms with Crippen LogP contribution in [0, 0.1) is 0 Å². The zero-order valence-electron chi connectivity index (χ0n) is 11.6. The molecule has 1 fully saturated rings. The van der Waals surface area contributed by atoms with Crippen molar-refractivity contribution in [3.8, 4) is 0 Å².